The van der Waals surface area contributed by atoms with Gasteiger partial charge in [0.1, 0.15) is 11.2 Å². The number of hydrogen-bond acceptors (Lipinski definition) is 8. The van der Waals surface area contributed by atoms with Gasteiger partial charge in [-0.15, -0.1) is 0 Å². The average Bonchev–Trinajstić information content (AvgIpc) is 3.27. The predicted octanol–water partition coefficient (Wildman–Crippen LogP) is -0.202. The van der Waals surface area contributed by atoms with E-state index < -0.39 is 40.1 Å². The third-order valence-corrected chi connectivity index (χ3v) is 11.5. The minimum Gasteiger partial charge on any atom is -0.395 e. The van der Waals surface area contributed by atoms with E-state index in [1.165, 1.54) is 0 Å². The van der Waals surface area contributed by atoms with Crippen molar-refractivity contribution in [3.05, 3.63) is 0 Å². The summed E-state index contributed by atoms with van der Waals surface area (Å²) in [5, 5.41) is 36.5. The topological polar surface area (TPSA) is 118 Å². The largest absolute Gasteiger partial charge is 0.395 e. The van der Waals surface area contributed by atoms with E-state index in [1.807, 2.05) is 6.92 Å². The Hall–Kier alpha value is -0.810. The fourth-order valence-electron chi connectivity index (χ4n) is 10.8. The Morgan fingerprint density at radius 3 is 2.38 bits per heavy atom. The first-order chi connectivity index (χ1) is 16.2. The molecule has 9 heteroatoms. The third-order valence-electron chi connectivity index (χ3n) is 11.5. The number of hydrogen-bond donors (Lipinski definition) is 3. The minimum absolute atomic E-state index is 0.0676. The van der Waals surface area contributed by atoms with Crippen LogP contribution in [0.25, 0.3) is 0 Å². The summed E-state index contributed by atoms with van der Waals surface area (Å²) in [5.74, 6) is -0.982. The Balaban J connectivity index is 1.71. The molecule has 1 spiro atoms. The first kappa shape index (κ1) is 23.6. The van der Waals surface area contributed by atoms with E-state index in [0.717, 1.165) is 6.42 Å². The molecule has 5 aliphatic carbocycles. The van der Waals surface area contributed by atoms with E-state index in [2.05, 4.69) is 0 Å². The average molecular weight is 482 g/mol. The fourth-order valence-corrected chi connectivity index (χ4v) is 10.8. The molecule has 0 radical (unpaired) electrons. The molecule has 7 bridgehead atoms. The second kappa shape index (κ2) is 7.15. The molecular formula is C25H39NO8. The maximum Gasteiger partial charge on any atom is 0.231 e. The molecule has 1 aliphatic heterocycles. The van der Waals surface area contributed by atoms with Crippen LogP contribution in [0, 0.1) is 34.5 Å². The molecular weight excluding hydrogens is 442 g/mol. The molecule has 5 saturated carbocycles. The van der Waals surface area contributed by atoms with Crippen molar-refractivity contribution in [2.24, 2.45) is 34.5 Å². The number of methoxy groups -OCH3 is 4. The summed E-state index contributed by atoms with van der Waals surface area (Å²) in [5.41, 5.74) is -5.11. The Morgan fingerprint density at radius 2 is 1.82 bits per heavy atom. The van der Waals surface area contributed by atoms with Crippen LogP contribution in [0.2, 0.25) is 0 Å². The number of carbonyl (C=O) groups is 1. The first-order valence-corrected chi connectivity index (χ1v) is 12.7. The van der Waals surface area contributed by atoms with E-state index in [4.69, 9.17) is 18.9 Å². The Morgan fingerprint density at radius 1 is 1.09 bits per heavy atom. The number of ether oxygens (including phenoxy) is 4. The van der Waals surface area contributed by atoms with Crippen molar-refractivity contribution < 1.29 is 39.1 Å². The number of rotatable bonds is 6. The van der Waals surface area contributed by atoms with Gasteiger partial charge in [-0.05, 0) is 32.1 Å². The van der Waals surface area contributed by atoms with Gasteiger partial charge in [-0.25, -0.2) is 0 Å². The second-order valence-electron chi connectivity index (χ2n) is 11.7. The summed E-state index contributed by atoms with van der Waals surface area (Å²) in [4.78, 5) is 15.8. The molecule has 9 nitrogen and oxygen atoms in total. The summed E-state index contributed by atoms with van der Waals surface area (Å²) in [6.45, 7) is 1.95. The number of nitrogens with zero attached hydrogens (tertiary/aromatic N) is 1. The molecule has 13 atom stereocenters. The van der Waals surface area contributed by atoms with Gasteiger partial charge < -0.3 is 39.2 Å². The standard InChI is InChI=1S/C25H39NO8/c1-6-26-20-24-13-9-12-14(31-2)10-23(29,16(13)17(12)33-4)25(20,30)19(34-5)18(24)22(11-27,21(26)28)8-7-15(24)32-3/h12-20,27,29-30H,6-11H2,1-5H3/t12-,13-,14+,15+,16-,17+,18-,19+,20+,22+,23-,24+,25-/m1/s1. The monoisotopic (exact) mass is 481 g/mol. The van der Waals surface area contributed by atoms with Crippen LogP contribution in [0.15, 0.2) is 0 Å². The number of piperidine rings is 1. The quantitative estimate of drug-likeness (QED) is 0.477. The van der Waals surface area contributed by atoms with Gasteiger partial charge in [0.25, 0.3) is 0 Å². The van der Waals surface area contributed by atoms with Crippen LogP contribution in [0.4, 0.5) is 0 Å². The normalized spacial score (nSPS) is 59.0. The van der Waals surface area contributed by atoms with Gasteiger partial charge in [0.05, 0.1) is 42.5 Å². The number of carbonyl (C=O) groups excluding carboxylic acids is 1. The Bertz CT molecular complexity index is 887. The molecule has 0 aromatic carbocycles. The van der Waals surface area contributed by atoms with Crippen molar-refractivity contribution in [2.45, 2.75) is 74.3 Å². The maximum atomic E-state index is 14.1. The van der Waals surface area contributed by atoms with Crippen molar-refractivity contribution in [3.8, 4) is 0 Å². The molecule has 34 heavy (non-hydrogen) atoms. The van der Waals surface area contributed by atoms with Gasteiger partial charge in [0.15, 0.2) is 0 Å². The van der Waals surface area contributed by atoms with Crippen molar-refractivity contribution in [2.75, 3.05) is 41.6 Å². The molecule has 0 aromatic heterocycles. The highest BCUT2D eigenvalue weighted by Gasteiger charge is 2.93. The van der Waals surface area contributed by atoms with Crippen LogP contribution in [0.5, 0.6) is 0 Å². The van der Waals surface area contributed by atoms with Crippen LogP contribution >= 0.6 is 0 Å². The van der Waals surface area contributed by atoms with E-state index in [0.29, 0.717) is 19.4 Å². The van der Waals surface area contributed by atoms with Gasteiger partial charge in [0.2, 0.25) is 5.91 Å². The number of likely N-dealkylation sites (N-methyl/N-ethyl adjacent to an activating group) is 1. The molecule has 0 unspecified atom stereocenters. The maximum absolute atomic E-state index is 14.1. The van der Waals surface area contributed by atoms with E-state index in [1.54, 1.807) is 33.3 Å². The van der Waals surface area contributed by atoms with Crippen LogP contribution < -0.4 is 0 Å². The smallest absolute Gasteiger partial charge is 0.231 e. The fraction of sp³-hybridized carbons (Fsp3) is 0.960. The van der Waals surface area contributed by atoms with Gasteiger partial charge in [0, 0.05) is 64.6 Å². The second-order valence-corrected chi connectivity index (χ2v) is 11.7. The van der Waals surface area contributed by atoms with Gasteiger partial charge in [-0.1, -0.05) is 0 Å². The SMILES string of the molecule is CCN1C(=O)[C@]2(CO)CC[C@H](OC)[C@@]34[C@@H]5C[C@H]6[C@H](OC)[C@@H]5[C@](O)(C[C@@H]6OC)[C@@](O)([C@@H](OC)[C@H]23)[C@@H]14. The molecule has 1 saturated heterocycles. The lowest BCUT2D eigenvalue weighted by atomic mass is 9.42. The van der Waals surface area contributed by atoms with Crippen LogP contribution in [-0.2, 0) is 23.7 Å². The summed E-state index contributed by atoms with van der Waals surface area (Å²) in [6, 6.07) is -0.685. The van der Waals surface area contributed by atoms with Crippen molar-refractivity contribution in [1.82, 2.24) is 4.90 Å². The number of amides is 1. The molecule has 3 N–H and O–H groups in total. The predicted molar refractivity (Wildman–Crippen MR) is 119 cm³/mol. The van der Waals surface area contributed by atoms with Gasteiger partial charge in [-0.2, -0.15) is 0 Å². The highest BCUT2D eigenvalue weighted by Crippen LogP contribution is 2.80. The molecule has 1 amide bonds. The number of likely N-dealkylation sites (tertiary alicyclic amines) is 1. The molecule has 1 heterocycles. The summed E-state index contributed by atoms with van der Waals surface area (Å²) < 4.78 is 24.2. The lowest BCUT2D eigenvalue weighted by Gasteiger charge is -2.69. The lowest BCUT2D eigenvalue weighted by molar-refractivity contribution is -0.314. The van der Waals surface area contributed by atoms with Crippen molar-refractivity contribution >= 4 is 5.91 Å². The zero-order chi connectivity index (χ0) is 24.4. The highest BCUT2D eigenvalue weighted by molar-refractivity contribution is 5.87. The highest BCUT2D eigenvalue weighted by atomic mass is 16.5. The third kappa shape index (κ3) is 2.04. The molecule has 6 fully saturated rings. The minimum atomic E-state index is -1.76. The van der Waals surface area contributed by atoms with Crippen molar-refractivity contribution in [3.63, 3.8) is 0 Å². The zero-order valence-corrected chi connectivity index (χ0v) is 20.8. The van der Waals surface area contributed by atoms with Gasteiger partial charge in [-0.3, -0.25) is 4.79 Å². The molecule has 6 rings (SSSR count). The summed E-state index contributed by atoms with van der Waals surface area (Å²) in [7, 11) is 6.56. The summed E-state index contributed by atoms with van der Waals surface area (Å²) in [6.07, 6.45) is 0.400. The first-order valence-electron chi connectivity index (χ1n) is 12.7. The Kier molecular flexibility index (Phi) is 4.96. The van der Waals surface area contributed by atoms with Crippen LogP contribution in [0.3, 0.4) is 0 Å². The number of fused-ring (bicyclic) bond motifs is 2. The van der Waals surface area contributed by atoms with Crippen LogP contribution in [-0.4, -0.2) is 109 Å². The molecule has 6 aliphatic rings. The van der Waals surface area contributed by atoms with E-state index in [-0.39, 0.29) is 55.0 Å². The number of aliphatic hydroxyl groups is 3. The molecule has 192 valence electrons. The lowest BCUT2D eigenvalue weighted by Crippen LogP contribution is -2.82. The molecule has 0 aromatic rings. The van der Waals surface area contributed by atoms with Gasteiger partial charge >= 0.3 is 0 Å². The van der Waals surface area contributed by atoms with Crippen molar-refractivity contribution in [1.29, 1.82) is 0 Å². The summed E-state index contributed by atoms with van der Waals surface area (Å²) >= 11 is 0. The van der Waals surface area contributed by atoms with E-state index >= 15 is 0 Å². The Labute approximate surface area is 200 Å². The van der Waals surface area contributed by atoms with E-state index in [9.17, 15) is 20.1 Å². The zero-order valence-electron chi connectivity index (χ0n) is 20.8. The number of aliphatic hydroxyl groups excluding tert-OH is 1. The van der Waals surface area contributed by atoms with Crippen LogP contribution in [0.1, 0.15) is 32.6 Å².